The Labute approximate surface area is 123 Å². The summed E-state index contributed by atoms with van der Waals surface area (Å²) in [5, 5.41) is 4.01. The highest BCUT2D eigenvalue weighted by atomic mass is 16.5. The van der Waals surface area contributed by atoms with Crippen LogP contribution in [0.2, 0.25) is 0 Å². The molecule has 0 atom stereocenters. The molecule has 2 heterocycles. The van der Waals surface area contributed by atoms with E-state index < -0.39 is 0 Å². The van der Waals surface area contributed by atoms with Crippen LogP contribution in [0.15, 0.2) is 10.6 Å². The third-order valence-electron chi connectivity index (χ3n) is 3.79. The van der Waals surface area contributed by atoms with Crippen molar-refractivity contribution in [1.82, 2.24) is 14.7 Å². The number of nitrogens with zero attached hydrogens (tertiary/aromatic N) is 3. The Kier molecular flexibility index (Phi) is 3.53. The van der Waals surface area contributed by atoms with Gasteiger partial charge in [0, 0.05) is 17.3 Å². The third kappa shape index (κ3) is 2.70. The van der Waals surface area contributed by atoms with Crippen molar-refractivity contribution in [2.24, 2.45) is 0 Å². The molecule has 0 spiro atoms. The van der Waals surface area contributed by atoms with Gasteiger partial charge in [-0.2, -0.15) is 4.98 Å². The zero-order valence-electron chi connectivity index (χ0n) is 12.5. The number of ether oxygens (including phenoxy) is 1. The standard InChI is InChI=1S/C15H19N3O3/c1-4-20-15(19)12-7-9(2)18(10(12)3)8-13-16-14(17-21-13)11-5-6-11/h7,11H,4-6,8H2,1-3H3. The van der Waals surface area contributed by atoms with Gasteiger partial charge >= 0.3 is 5.97 Å². The maximum atomic E-state index is 11.9. The topological polar surface area (TPSA) is 70.2 Å². The molecular weight excluding hydrogens is 270 g/mol. The van der Waals surface area contributed by atoms with Gasteiger partial charge in [-0.3, -0.25) is 0 Å². The third-order valence-corrected chi connectivity index (χ3v) is 3.79. The Balaban J connectivity index is 1.82. The highest BCUT2D eigenvalue weighted by Gasteiger charge is 2.29. The Morgan fingerprint density at radius 3 is 2.90 bits per heavy atom. The fraction of sp³-hybridized carbons (Fsp3) is 0.533. The molecule has 0 N–H and O–H groups in total. The molecule has 0 unspecified atom stereocenters. The van der Waals surface area contributed by atoms with Crippen LogP contribution in [0.3, 0.4) is 0 Å². The molecule has 0 amide bonds. The van der Waals surface area contributed by atoms with Crippen molar-refractivity contribution >= 4 is 5.97 Å². The first-order valence-electron chi connectivity index (χ1n) is 7.26. The van der Waals surface area contributed by atoms with Crippen molar-refractivity contribution in [2.75, 3.05) is 6.61 Å². The van der Waals surface area contributed by atoms with Gasteiger partial charge < -0.3 is 13.8 Å². The highest BCUT2D eigenvalue weighted by molar-refractivity contribution is 5.91. The largest absolute Gasteiger partial charge is 0.462 e. The number of hydrogen-bond donors (Lipinski definition) is 0. The summed E-state index contributed by atoms with van der Waals surface area (Å²) < 4.78 is 12.4. The number of carbonyl (C=O) groups excluding carboxylic acids is 1. The van der Waals surface area contributed by atoms with Crippen LogP contribution in [0, 0.1) is 13.8 Å². The minimum Gasteiger partial charge on any atom is -0.462 e. The van der Waals surface area contributed by atoms with Crippen molar-refractivity contribution in [2.45, 2.75) is 46.1 Å². The molecule has 0 saturated heterocycles. The first-order valence-corrected chi connectivity index (χ1v) is 7.26. The Morgan fingerprint density at radius 2 is 2.24 bits per heavy atom. The minimum atomic E-state index is -0.291. The molecule has 3 rings (SSSR count). The predicted molar refractivity (Wildman–Crippen MR) is 75.2 cm³/mol. The van der Waals surface area contributed by atoms with Crippen LogP contribution in [-0.2, 0) is 11.3 Å². The number of carbonyl (C=O) groups is 1. The lowest BCUT2D eigenvalue weighted by atomic mass is 10.2. The van der Waals surface area contributed by atoms with Crippen molar-refractivity contribution in [3.63, 3.8) is 0 Å². The Hall–Kier alpha value is -2.11. The summed E-state index contributed by atoms with van der Waals surface area (Å²) in [4.78, 5) is 16.3. The molecule has 1 fully saturated rings. The van der Waals surface area contributed by atoms with Gasteiger partial charge in [0.05, 0.1) is 12.2 Å². The van der Waals surface area contributed by atoms with Gasteiger partial charge in [0.2, 0.25) is 5.89 Å². The summed E-state index contributed by atoms with van der Waals surface area (Å²) in [6.07, 6.45) is 2.29. The van der Waals surface area contributed by atoms with Crippen LogP contribution in [0.5, 0.6) is 0 Å². The van der Waals surface area contributed by atoms with Crippen LogP contribution in [0.25, 0.3) is 0 Å². The molecule has 0 aliphatic heterocycles. The SMILES string of the molecule is CCOC(=O)c1cc(C)n(Cc2nc(C3CC3)no2)c1C. The molecule has 0 aromatic carbocycles. The van der Waals surface area contributed by atoms with E-state index in [1.54, 1.807) is 6.92 Å². The van der Waals surface area contributed by atoms with Gasteiger partial charge in [-0.15, -0.1) is 0 Å². The molecule has 6 heteroatoms. The van der Waals surface area contributed by atoms with Crippen LogP contribution in [0.4, 0.5) is 0 Å². The van der Waals surface area contributed by atoms with E-state index in [0.29, 0.717) is 30.5 Å². The van der Waals surface area contributed by atoms with Gasteiger partial charge in [-0.05, 0) is 39.7 Å². The van der Waals surface area contributed by atoms with Gasteiger partial charge in [-0.25, -0.2) is 4.79 Å². The van der Waals surface area contributed by atoms with Gasteiger partial charge in [0.25, 0.3) is 0 Å². The van der Waals surface area contributed by atoms with E-state index in [9.17, 15) is 4.79 Å². The van der Waals surface area contributed by atoms with Crippen molar-refractivity contribution in [1.29, 1.82) is 0 Å². The van der Waals surface area contributed by atoms with Crippen molar-refractivity contribution in [3.8, 4) is 0 Å². The normalized spacial score (nSPS) is 14.4. The quantitative estimate of drug-likeness (QED) is 0.791. The van der Waals surface area contributed by atoms with Crippen LogP contribution in [-0.4, -0.2) is 27.3 Å². The number of aryl methyl sites for hydroxylation is 1. The molecule has 112 valence electrons. The zero-order chi connectivity index (χ0) is 15.0. The smallest absolute Gasteiger partial charge is 0.339 e. The fourth-order valence-electron chi connectivity index (χ4n) is 2.43. The van der Waals surface area contributed by atoms with Gasteiger partial charge in [0.15, 0.2) is 5.82 Å². The minimum absolute atomic E-state index is 0.291. The number of rotatable bonds is 5. The summed E-state index contributed by atoms with van der Waals surface area (Å²) in [5.41, 5.74) is 2.43. The van der Waals surface area contributed by atoms with E-state index in [1.807, 2.05) is 24.5 Å². The van der Waals surface area contributed by atoms with Crippen LogP contribution >= 0.6 is 0 Å². The number of aromatic nitrogens is 3. The van der Waals surface area contributed by atoms with Gasteiger partial charge in [0.1, 0.15) is 6.54 Å². The monoisotopic (exact) mass is 289 g/mol. The molecule has 21 heavy (non-hydrogen) atoms. The maximum absolute atomic E-state index is 11.9. The van der Waals surface area contributed by atoms with E-state index in [4.69, 9.17) is 9.26 Å². The summed E-state index contributed by atoms with van der Waals surface area (Å²) in [6.45, 7) is 6.51. The molecule has 0 bridgehead atoms. The Bertz CT molecular complexity index is 668. The summed E-state index contributed by atoms with van der Waals surface area (Å²) in [7, 11) is 0. The molecular formula is C15H19N3O3. The van der Waals surface area contributed by atoms with E-state index >= 15 is 0 Å². The van der Waals surface area contributed by atoms with E-state index in [0.717, 1.165) is 30.1 Å². The fourth-order valence-corrected chi connectivity index (χ4v) is 2.43. The molecule has 6 nitrogen and oxygen atoms in total. The lowest BCUT2D eigenvalue weighted by molar-refractivity contribution is 0.0525. The highest BCUT2D eigenvalue weighted by Crippen LogP contribution is 2.38. The van der Waals surface area contributed by atoms with Crippen molar-refractivity contribution < 1.29 is 14.1 Å². The molecule has 1 aliphatic carbocycles. The zero-order valence-corrected chi connectivity index (χ0v) is 12.5. The second-order valence-corrected chi connectivity index (χ2v) is 5.41. The molecule has 1 saturated carbocycles. The lowest BCUT2D eigenvalue weighted by Crippen LogP contribution is -2.08. The number of esters is 1. The van der Waals surface area contributed by atoms with Crippen LogP contribution in [0.1, 0.15) is 59.1 Å². The summed E-state index contributed by atoms with van der Waals surface area (Å²) >= 11 is 0. The Morgan fingerprint density at radius 1 is 1.48 bits per heavy atom. The average molecular weight is 289 g/mol. The molecule has 0 radical (unpaired) electrons. The summed E-state index contributed by atoms with van der Waals surface area (Å²) in [6, 6.07) is 1.84. The van der Waals surface area contributed by atoms with E-state index in [1.165, 1.54) is 0 Å². The molecule has 2 aromatic rings. The van der Waals surface area contributed by atoms with Crippen LogP contribution < -0.4 is 0 Å². The predicted octanol–water partition coefficient (Wildman–Crippen LogP) is 2.59. The molecule has 1 aliphatic rings. The van der Waals surface area contributed by atoms with E-state index in [2.05, 4.69) is 10.1 Å². The first kappa shape index (κ1) is 13.9. The lowest BCUT2D eigenvalue weighted by Gasteiger charge is -2.06. The first-order chi connectivity index (χ1) is 10.1. The summed E-state index contributed by atoms with van der Waals surface area (Å²) in [5.74, 6) is 1.57. The maximum Gasteiger partial charge on any atom is 0.339 e. The second-order valence-electron chi connectivity index (χ2n) is 5.41. The number of hydrogen-bond acceptors (Lipinski definition) is 5. The van der Waals surface area contributed by atoms with E-state index in [-0.39, 0.29) is 5.97 Å². The van der Waals surface area contributed by atoms with Crippen molar-refractivity contribution in [3.05, 3.63) is 34.7 Å². The second kappa shape index (κ2) is 5.35. The van der Waals surface area contributed by atoms with Gasteiger partial charge in [-0.1, -0.05) is 5.16 Å². The molecule has 2 aromatic heterocycles. The average Bonchev–Trinajstić information content (AvgIpc) is 3.14.